The molecule has 7 nitrogen and oxygen atoms in total. The van der Waals surface area contributed by atoms with E-state index in [1.54, 1.807) is 0 Å². The van der Waals surface area contributed by atoms with Gasteiger partial charge in [0, 0.05) is 19.2 Å². The van der Waals surface area contributed by atoms with Gasteiger partial charge in [-0.15, -0.1) is 0 Å². The molecule has 0 unspecified atom stereocenters. The number of rotatable bonds is 8. The second-order valence-corrected chi connectivity index (χ2v) is 4.26. The first-order chi connectivity index (χ1) is 9.00. The summed E-state index contributed by atoms with van der Waals surface area (Å²) in [6.07, 6.45) is 1.83. The normalized spacial score (nSPS) is 10.7. The number of unbranched alkanes of at least 4 members (excludes halogenated alkanes) is 1. The molecule has 0 aliphatic rings. The van der Waals surface area contributed by atoms with Crippen molar-refractivity contribution in [3.8, 4) is 0 Å². The van der Waals surface area contributed by atoms with Crippen LogP contribution in [0.3, 0.4) is 0 Å². The van der Waals surface area contributed by atoms with Crippen LogP contribution in [0.1, 0.15) is 47.7 Å². The van der Waals surface area contributed by atoms with E-state index in [2.05, 4.69) is 15.0 Å². The third-order valence-corrected chi connectivity index (χ3v) is 2.26. The molecule has 0 aliphatic carbocycles. The third-order valence-electron chi connectivity index (χ3n) is 2.26. The molecule has 0 radical (unpaired) electrons. The Kier molecular flexibility index (Phi) is 6.01. The molecule has 1 rings (SSSR count). The molecule has 106 valence electrons. The highest BCUT2D eigenvalue weighted by Crippen LogP contribution is 2.03. The Morgan fingerprint density at radius 3 is 2.79 bits per heavy atom. The van der Waals surface area contributed by atoms with Crippen molar-refractivity contribution in [1.82, 2.24) is 10.5 Å². The summed E-state index contributed by atoms with van der Waals surface area (Å²) >= 11 is 0. The van der Waals surface area contributed by atoms with Crippen LogP contribution in [0, 0.1) is 0 Å². The maximum atomic E-state index is 11.6. The van der Waals surface area contributed by atoms with Crippen molar-refractivity contribution in [2.24, 2.45) is 0 Å². The van der Waals surface area contributed by atoms with Gasteiger partial charge < -0.3 is 19.7 Å². The van der Waals surface area contributed by atoms with Gasteiger partial charge in [0.25, 0.3) is 5.91 Å². The molecule has 7 heteroatoms. The predicted octanol–water partition coefficient (Wildman–Crippen LogP) is 1.31. The zero-order valence-corrected chi connectivity index (χ0v) is 11.0. The quantitative estimate of drug-likeness (QED) is 0.690. The van der Waals surface area contributed by atoms with Crippen LogP contribution in [0.15, 0.2) is 10.6 Å². The standard InChI is InChI=1S/C12H18N2O5/c1-8(2)18-6-4-3-5-13-11(15)9-7-10(12(16)17)19-14-9/h7-8H,3-6H2,1-2H3,(H,13,15)(H,16,17). The lowest BCUT2D eigenvalue weighted by atomic mass is 10.3. The topological polar surface area (TPSA) is 102 Å². The van der Waals surface area contributed by atoms with E-state index in [4.69, 9.17) is 9.84 Å². The minimum Gasteiger partial charge on any atom is -0.475 e. The second kappa shape index (κ2) is 7.52. The number of carboxylic acid groups (broad SMARTS) is 1. The summed E-state index contributed by atoms with van der Waals surface area (Å²) < 4.78 is 9.85. The molecule has 0 saturated carbocycles. The second-order valence-electron chi connectivity index (χ2n) is 4.26. The van der Waals surface area contributed by atoms with Crippen molar-refractivity contribution in [1.29, 1.82) is 0 Å². The van der Waals surface area contributed by atoms with Gasteiger partial charge in [-0.25, -0.2) is 4.79 Å². The Hall–Kier alpha value is -1.89. The van der Waals surface area contributed by atoms with Crippen LogP contribution in [0.4, 0.5) is 0 Å². The van der Waals surface area contributed by atoms with Crippen LogP contribution >= 0.6 is 0 Å². The molecule has 1 amide bonds. The van der Waals surface area contributed by atoms with Crippen molar-refractivity contribution < 1.29 is 24.0 Å². The number of amides is 1. The molecule has 19 heavy (non-hydrogen) atoms. The van der Waals surface area contributed by atoms with Gasteiger partial charge in [0.05, 0.1) is 6.10 Å². The number of nitrogens with zero attached hydrogens (tertiary/aromatic N) is 1. The number of hydrogen-bond donors (Lipinski definition) is 2. The van der Waals surface area contributed by atoms with Gasteiger partial charge in [-0.05, 0) is 26.7 Å². The Balaban J connectivity index is 2.22. The van der Waals surface area contributed by atoms with Gasteiger partial charge in [-0.2, -0.15) is 0 Å². The van der Waals surface area contributed by atoms with Crippen molar-refractivity contribution in [2.45, 2.75) is 32.8 Å². The molecular formula is C12H18N2O5. The average molecular weight is 270 g/mol. The fraction of sp³-hybridized carbons (Fsp3) is 0.583. The summed E-state index contributed by atoms with van der Waals surface area (Å²) in [7, 11) is 0. The van der Waals surface area contributed by atoms with Gasteiger partial charge in [-0.1, -0.05) is 5.16 Å². The van der Waals surface area contributed by atoms with Crippen molar-refractivity contribution in [3.63, 3.8) is 0 Å². The molecular weight excluding hydrogens is 252 g/mol. The number of aromatic nitrogens is 1. The molecule has 1 aromatic rings. The molecule has 0 bridgehead atoms. The predicted molar refractivity (Wildman–Crippen MR) is 66.1 cm³/mol. The fourth-order valence-electron chi connectivity index (χ4n) is 1.32. The minimum absolute atomic E-state index is 0.0316. The Morgan fingerprint density at radius 1 is 1.47 bits per heavy atom. The SMILES string of the molecule is CC(C)OCCCCNC(=O)c1cc(C(=O)O)on1. The monoisotopic (exact) mass is 270 g/mol. The lowest BCUT2D eigenvalue weighted by Crippen LogP contribution is -2.25. The largest absolute Gasteiger partial charge is 0.475 e. The summed E-state index contributed by atoms with van der Waals surface area (Å²) in [6.45, 7) is 5.06. The molecule has 2 N–H and O–H groups in total. The van der Waals surface area contributed by atoms with E-state index in [0.717, 1.165) is 18.9 Å². The maximum Gasteiger partial charge on any atom is 0.374 e. The summed E-state index contributed by atoms with van der Waals surface area (Å²) in [5.41, 5.74) is -0.0316. The fourth-order valence-corrected chi connectivity index (χ4v) is 1.32. The van der Waals surface area contributed by atoms with E-state index in [1.807, 2.05) is 13.8 Å². The lowest BCUT2D eigenvalue weighted by Gasteiger charge is -2.07. The summed E-state index contributed by atoms with van der Waals surface area (Å²) in [5, 5.41) is 14.6. The van der Waals surface area contributed by atoms with Gasteiger partial charge in [0.1, 0.15) is 0 Å². The number of ether oxygens (including phenoxy) is 1. The number of aromatic carboxylic acids is 1. The van der Waals surface area contributed by atoms with Crippen LogP contribution in [0.2, 0.25) is 0 Å². The molecule has 0 aromatic carbocycles. The zero-order chi connectivity index (χ0) is 14.3. The molecule has 1 aromatic heterocycles. The van der Waals surface area contributed by atoms with E-state index in [1.165, 1.54) is 0 Å². The van der Waals surface area contributed by atoms with Crippen LogP contribution in [0.5, 0.6) is 0 Å². The van der Waals surface area contributed by atoms with E-state index in [9.17, 15) is 9.59 Å². The van der Waals surface area contributed by atoms with E-state index >= 15 is 0 Å². The van der Waals surface area contributed by atoms with E-state index < -0.39 is 11.9 Å². The number of nitrogens with one attached hydrogen (secondary N) is 1. The van der Waals surface area contributed by atoms with Crippen LogP contribution in [0.25, 0.3) is 0 Å². The first-order valence-electron chi connectivity index (χ1n) is 6.10. The van der Waals surface area contributed by atoms with Gasteiger partial charge >= 0.3 is 5.97 Å². The molecule has 0 atom stereocenters. The third kappa shape index (κ3) is 5.52. The van der Waals surface area contributed by atoms with Gasteiger partial charge in [0.15, 0.2) is 5.69 Å². The highest BCUT2D eigenvalue weighted by molar-refractivity contribution is 5.94. The van der Waals surface area contributed by atoms with E-state index in [-0.39, 0.29) is 17.6 Å². The molecule has 1 heterocycles. The number of carbonyl (C=O) groups is 2. The van der Waals surface area contributed by atoms with Crippen LogP contribution < -0.4 is 5.32 Å². The van der Waals surface area contributed by atoms with Crippen molar-refractivity contribution >= 4 is 11.9 Å². The van der Waals surface area contributed by atoms with Gasteiger partial charge in [-0.3, -0.25) is 4.79 Å². The maximum absolute atomic E-state index is 11.6. The smallest absolute Gasteiger partial charge is 0.374 e. The Morgan fingerprint density at radius 2 is 2.21 bits per heavy atom. The number of hydrogen-bond acceptors (Lipinski definition) is 5. The minimum atomic E-state index is -1.25. The van der Waals surface area contributed by atoms with Crippen LogP contribution in [-0.4, -0.2) is 41.4 Å². The zero-order valence-electron chi connectivity index (χ0n) is 11.0. The van der Waals surface area contributed by atoms with Crippen molar-refractivity contribution in [2.75, 3.05) is 13.2 Å². The highest BCUT2D eigenvalue weighted by atomic mass is 16.5. The van der Waals surface area contributed by atoms with Gasteiger partial charge in [0.2, 0.25) is 5.76 Å². The molecule has 0 spiro atoms. The first kappa shape index (κ1) is 15.2. The summed E-state index contributed by atoms with van der Waals surface area (Å²) in [4.78, 5) is 22.1. The first-order valence-corrected chi connectivity index (χ1v) is 6.10. The van der Waals surface area contributed by atoms with E-state index in [0.29, 0.717) is 13.2 Å². The van der Waals surface area contributed by atoms with Crippen LogP contribution in [-0.2, 0) is 4.74 Å². The summed E-state index contributed by atoms with van der Waals surface area (Å²) in [5.74, 6) is -2.05. The van der Waals surface area contributed by atoms with Crippen molar-refractivity contribution in [3.05, 3.63) is 17.5 Å². The lowest BCUT2D eigenvalue weighted by molar-refractivity contribution is 0.0651. The average Bonchev–Trinajstić information content (AvgIpc) is 2.82. The Bertz CT molecular complexity index is 428. The molecule has 0 aliphatic heterocycles. The number of carbonyl (C=O) groups excluding carboxylic acids is 1. The summed E-state index contributed by atoms with van der Waals surface area (Å²) in [6, 6.07) is 1.10. The molecule has 0 fully saturated rings. The molecule has 0 saturated heterocycles. The highest BCUT2D eigenvalue weighted by Gasteiger charge is 2.15. The Labute approximate surface area is 110 Å². The number of carboxylic acids is 1.